The molecule has 0 radical (unpaired) electrons. The second-order valence-electron chi connectivity index (χ2n) is 8.34. The van der Waals surface area contributed by atoms with Gasteiger partial charge in [-0.25, -0.2) is 9.79 Å². The van der Waals surface area contributed by atoms with E-state index < -0.39 is 12.0 Å². The normalized spacial score (nSPS) is 15.5. The highest BCUT2D eigenvalue weighted by Crippen LogP contribution is 2.34. The molecule has 0 spiro atoms. The Balaban J connectivity index is 1.79. The van der Waals surface area contributed by atoms with Gasteiger partial charge in [0.2, 0.25) is 0 Å². The molecule has 7 heteroatoms. The molecule has 0 saturated carbocycles. The summed E-state index contributed by atoms with van der Waals surface area (Å²) < 4.78 is 13.3. The van der Waals surface area contributed by atoms with Gasteiger partial charge in [0.15, 0.2) is 4.80 Å². The molecule has 1 unspecified atom stereocenters. The fourth-order valence-corrected chi connectivity index (χ4v) is 5.64. The lowest BCUT2D eigenvalue weighted by Gasteiger charge is -2.25. The Hall–Kier alpha value is -3.97. The number of rotatable bonds is 6. The van der Waals surface area contributed by atoms with Crippen molar-refractivity contribution in [3.63, 3.8) is 0 Å². The van der Waals surface area contributed by atoms with Crippen LogP contribution >= 0.6 is 11.3 Å². The number of thiazole rings is 1. The molecule has 0 bridgehead atoms. The van der Waals surface area contributed by atoms with E-state index in [0.29, 0.717) is 33.0 Å². The number of aromatic nitrogens is 1. The van der Waals surface area contributed by atoms with E-state index in [1.807, 2.05) is 79.7 Å². The average Bonchev–Trinajstić information content (AvgIpc) is 3.18. The van der Waals surface area contributed by atoms with Gasteiger partial charge in [-0.15, -0.1) is 0 Å². The van der Waals surface area contributed by atoms with Crippen LogP contribution in [0, 0.1) is 0 Å². The topological polar surface area (TPSA) is 69.9 Å². The van der Waals surface area contributed by atoms with Crippen LogP contribution in [-0.4, -0.2) is 23.8 Å². The Morgan fingerprint density at radius 2 is 1.78 bits per heavy atom. The summed E-state index contributed by atoms with van der Waals surface area (Å²) in [4.78, 5) is 32.3. The van der Waals surface area contributed by atoms with Crippen molar-refractivity contribution in [1.29, 1.82) is 0 Å². The molecule has 0 fully saturated rings. The van der Waals surface area contributed by atoms with E-state index in [1.54, 1.807) is 18.4 Å². The molecule has 0 amide bonds. The first-order chi connectivity index (χ1) is 17.5. The maximum absolute atomic E-state index is 13.9. The van der Waals surface area contributed by atoms with Crippen LogP contribution in [0.3, 0.4) is 0 Å². The highest BCUT2D eigenvalue weighted by atomic mass is 32.1. The molecule has 1 atom stereocenters. The van der Waals surface area contributed by atoms with Crippen LogP contribution in [0.15, 0.2) is 87.8 Å². The number of benzene rings is 3. The molecule has 1 aliphatic heterocycles. The van der Waals surface area contributed by atoms with Crippen molar-refractivity contribution in [2.45, 2.75) is 26.8 Å². The Morgan fingerprint density at radius 1 is 1.03 bits per heavy atom. The van der Waals surface area contributed by atoms with Gasteiger partial charge in [-0.3, -0.25) is 9.36 Å². The van der Waals surface area contributed by atoms with E-state index in [4.69, 9.17) is 9.47 Å². The van der Waals surface area contributed by atoms with Crippen LogP contribution in [0.25, 0.3) is 16.8 Å². The van der Waals surface area contributed by atoms with Crippen LogP contribution < -0.4 is 19.6 Å². The summed E-state index contributed by atoms with van der Waals surface area (Å²) in [5.41, 5.74) is 2.38. The Bertz CT molecular complexity index is 1670. The first-order valence-corrected chi connectivity index (χ1v) is 12.7. The monoisotopic (exact) mass is 498 g/mol. The van der Waals surface area contributed by atoms with Crippen molar-refractivity contribution in [3.8, 4) is 5.75 Å². The average molecular weight is 499 g/mol. The molecular formula is C29H26N2O4S. The van der Waals surface area contributed by atoms with Crippen molar-refractivity contribution in [1.82, 2.24) is 4.57 Å². The fourth-order valence-electron chi connectivity index (χ4n) is 4.60. The molecule has 0 aliphatic carbocycles. The first-order valence-electron chi connectivity index (χ1n) is 11.9. The first kappa shape index (κ1) is 23.8. The molecule has 0 saturated heterocycles. The third-order valence-electron chi connectivity index (χ3n) is 6.14. The van der Waals surface area contributed by atoms with E-state index in [2.05, 4.69) is 4.99 Å². The summed E-state index contributed by atoms with van der Waals surface area (Å²) in [7, 11) is 0. The van der Waals surface area contributed by atoms with Gasteiger partial charge in [-0.05, 0) is 49.2 Å². The summed E-state index contributed by atoms with van der Waals surface area (Å²) in [6.07, 6.45) is 1.83. The minimum Gasteiger partial charge on any atom is -0.493 e. The SMILES string of the molecule is CCOC(=O)C1=C(C)N=c2s/c(=C\c3ccccc3OCC)c(=O)n2C1c1cccc2ccccc12. The highest BCUT2D eigenvalue weighted by molar-refractivity contribution is 7.07. The van der Waals surface area contributed by atoms with Crippen molar-refractivity contribution in [3.05, 3.63) is 109 Å². The van der Waals surface area contributed by atoms with Crippen LogP contribution in [0.5, 0.6) is 5.75 Å². The zero-order chi connectivity index (χ0) is 25.2. The molecule has 182 valence electrons. The molecular weight excluding hydrogens is 472 g/mol. The zero-order valence-corrected chi connectivity index (χ0v) is 21.2. The van der Waals surface area contributed by atoms with E-state index in [-0.39, 0.29) is 12.2 Å². The predicted octanol–water partition coefficient (Wildman–Crippen LogP) is 4.35. The smallest absolute Gasteiger partial charge is 0.338 e. The van der Waals surface area contributed by atoms with E-state index >= 15 is 0 Å². The van der Waals surface area contributed by atoms with Gasteiger partial charge in [-0.1, -0.05) is 72.0 Å². The van der Waals surface area contributed by atoms with Gasteiger partial charge in [0.25, 0.3) is 5.56 Å². The van der Waals surface area contributed by atoms with Crippen molar-refractivity contribution in [2.75, 3.05) is 13.2 Å². The molecule has 2 heterocycles. The number of para-hydroxylation sites is 1. The van der Waals surface area contributed by atoms with E-state index in [0.717, 1.165) is 21.9 Å². The van der Waals surface area contributed by atoms with Crippen LogP contribution in [0.1, 0.15) is 37.9 Å². The Morgan fingerprint density at radius 3 is 2.58 bits per heavy atom. The molecule has 3 aromatic carbocycles. The number of nitrogens with zero attached hydrogens (tertiary/aromatic N) is 2. The van der Waals surface area contributed by atoms with Gasteiger partial charge in [0.05, 0.1) is 35.1 Å². The van der Waals surface area contributed by atoms with Gasteiger partial charge in [0.1, 0.15) is 5.75 Å². The second-order valence-corrected chi connectivity index (χ2v) is 9.35. The van der Waals surface area contributed by atoms with Crippen molar-refractivity contribution < 1.29 is 14.3 Å². The predicted molar refractivity (Wildman–Crippen MR) is 142 cm³/mol. The molecule has 36 heavy (non-hydrogen) atoms. The van der Waals surface area contributed by atoms with Gasteiger partial charge in [-0.2, -0.15) is 0 Å². The lowest BCUT2D eigenvalue weighted by molar-refractivity contribution is -0.139. The maximum atomic E-state index is 13.9. The summed E-state index contributed by atoms with van der Waals surface area (Å²) >= 11 is 1.30. The number of hydrogen-bond acceptors (Lipinski definition) is 6. The Labute approximate surface area is 212 Å². The molecule has 1 aromatic heterocycles. The minimum absolute atomic E-state index is 0.211. The maximum Gasteiger partial charge on any atom is 0.338 e. The van der Waals surface area contributed by atoms with Crippen molar-refractivity contribution >= 4 is 34.2 Å². The number of fused-ring (bicyclic) bond motifs is 2. The molecule has 1 aliphatic rings. The summed E-state index contributed by atoms with van der Waals surface area (Å²) in [6.45, 7) is 6.25. The highest BCUT2D eigenvalue weighted by Gasteiger charge is 2.34. The van der Waals surface area contributed by atoms with Crippen LogP contribution in [-0.2, 0) is 9.53 Å². The number of carbonyl (C=O) groups is 1. The molecule has 0 N–H and O–H groups in total. The number of ether oxygens (including phenoxy) is 2. The standard InChI is InChI=1S/C29H26N2O4S/c1-4-34-23-16-9-7-12-20(23)17-24-27(32)31-26(22-15-10-13-19-11-6-8-14-21(19)22)25(28(33)35-5-2)18(3)30-29(31)36-24/h6-17,26H,4-5H2,1-3H3/b24-17-. The molecule has 5 rings (SSSR count). The largest absolute Gasteiger partial charge is 0.493 e. The zero-order valence-electron chi connectivity index (χ0n) is 20.4. The summed E-state index contributed by atoms with van der Waals surface area (Å²) in [5, 5.41) is 2.00. The van der Waals surface area contributed by atoms with E-state index in [9.17, 15) is 9.59 Å². The third-order valence-corrected chi connectivity index (χ3v) is 7.12. The summed E-state index contributed by atoms with van der Waals surface area (Å²) in [5.74, 6) is 0.243. The van der Waals surface area contributed by atoms with Crippen LogP contribution in [0.2, 0.25) is 0 Å². The van der Waals surface area contributed by atoms with Gasteiger partial charge in [0, 0.05) is 5.56 Å². The molecule has 6 nitrogen and oxygen atoms in total. The number of carbonyl (C=O) groups excluding carboxylic acids is 1. The fraction of sp³-hybridized carbons (Fsp3) is 0.207. The Kier molecular flexibility index (Phi) is 6.57. The number of allylic oxidation sites excluding steroid dienone is 1. The second kappa shape index (κ2) is 9.95. The van der Waals surface area contributed by atoms with Crippen molar-refractivity contribution in [2.24, 2.45) is 4.99 Å². The quantitative estimate of drug-likeness (QED) is 0.371. The van der Waals surface area contributed by atoms with Crippen LogP contribution in [0.4, 0.5) is 0 Å². The lowest BCUT2D eigenvalue weighted by Crippen LogP contribution is -2.40. The lowest BCUT2D eigenvalue weighted by atomic mass is 9.91. The third kappa shape index (κ3) is 4.16. The number of hydrogen-bond donors (Lipinski definition) is 0. The van der Waals surface area contributed by atoms with Gasteiger partial charge < -0.3 is 9.47 Å². The number of esters is 1. The van der Waals surface area contributed by atoms with Gasteiger partial charge >= 0.3 is 5.97 Å². The summed E-state index contributed by atoms with van der Waals surface area (Å²) in [6, 6.07) is 20.9. The minimum atomic E-state index is -0.657. The van der Waals surface area contributed by atoms with E-state index in [1.165, 1.54) is 11.3 Å². The molecule has 4 aromatic rings.